The van der Waals surface area contributed by atoms with Crippen molar-refractivity contribution < 1.29 is 31.3 Å². The van der Waals surface area contributed by atoms with Gasteiger partial charge < -0.3 is 23.5 Å². The van der Waals surface area contributed by atoms with Crippen LogP contribution in [0.25, 0.3) is 0 Å². The zero-order valence-corrected chi connectivity index (χ0v) is 22.8. The normalized spacial score (nSPS) is 11.2. The van der Waals surface area contributed by atoms with E-state index in [0.717, 1.165) is 11.8 Å². The van der Waals surface area contributed by atoms with E-state index in [-0.39, 0.29) is 35.9 Å². The second kappa shape index (κ2) is 13.3. The molecule has 0 aliphatic heterocycles. The van der Waals surface area contributed by atoms with Crippen molar-refractivity contribution in [3.63, 3.8) is 0 Å². The van der Waals surface area contributed by atoms with Crippen molar-refractivity contribution in [2.45, 2.75) is 25.3 Å². The summed E-state index contributed by atoms with van der Waals surface area (Å²) in [6, 6.07) is 16.6. The van der Waals surface area contributed by atoms with Crippen LogP contribution in [0.4, 0.5) is 10.1 Å². The summed E-state index contributed by atoms with van der Waals surface area (Å²) in [4.78, 5) is 16.8. The molecule has 8 nitrogen and oxygen atoms in total. The first-order chi connectivity index (χ1) is 18.2. The molecule has 0 heterocycles. The van der Waals surface area contributed by atoms with Gasteiger partial charge in [-0.3, -0.25) is 4.79 Å². The maximum atomic E-state index is 13.8. The topological polar surface area (TPSA) is 85.4 Å². The highest BCUT2D eigenvalue weighted by atomic mass is 32.2. The van der Waals surface area contributed by atoms with Crippen molar-refractivity contribution in [1.82, 2.24) is 4.90 Å². The number of rotatable bonds is 13. The molecule has 0 unspecified atom stereocenters. The molecule has 1 amide bonds. The van der Waals surface area contributed by atoms with Crippen LogP contribution in [0.3, 0.4) is 0 Å². The number of amides is 1. The lowest BCUT2D eigenvalue weighted by atomic mass is 10.1. The molecule has 0 saturated heterocycles. The monoisotopic (exact) mass is 544 g/mol. The summed E-state index contributed by atoms with van der Waals surface area (Å²) in [5, 5.41) is 0. The molecule has 0 spiro atoms. The first-order valence-corrected chi connectivity index (χ1v) is 13.6. The largest absolute Gasteiger partial charge is 0.497 e. The molecule has 0 radical (unpaired) electrons. The maximum absolute atomic E-state index is 13.8. The molecule has 38 heavy (non-hydrogen) atoms. The molecule has 0 aliphatic rings. The molecule has 0 bridgehead atoms. The van der Waals surface area contributed by atoms with E-state index in [1.807, 2.05) is 19.9 Å². The number of carbonyl (C=O) groups is 1. The van der Waals surface area contributed by atoms with Gasteiger partial charge in [-0.15, -0.1) is 0 Å². The van der Waals surface area contributed by atoms with Gasteiger partial charge in [0.05, 0.1) is 13.7 Å². The first-order valence-electron chi connectivity index (χ1n) is 12.2. The molecule has 10 heteroatoms. The van der Waals surface area contributed by atoms with E-state index in [1.165, 1.54) is 61.6 Å². The van der Waals surface area contributed by atoms with Crippen LogP contribution < -0.4 is 13.8 Å². The molecular formula is C28H33FN2O6S. The molecule has 3 aromatic carbocycles. The van der Waals surface area contributed by atoms with Gasteiger partial charge in [-0.25, -0.2) is 4.39 Å². The van der Waals surface area contributed by atoms with E-state index >= 15 is 0 Å². The van der Waals surface area contributed by atoms with Gasteiger partial charge in [0.25, 0.3) is 5.91 Å². The number of benzene rings is 3. The number of hydrogen-bond acceptors (Lipinski definition) is 7. The number of anilines is 1. The smallest absolute Gasteiger partial charge is 0.339 e. The standard InChI is InChI=1S/C28H33FN2O6S/c1-5-30(6-2)24-11-10-22(20-31(16-17-35-3)28(32)21-8-7-9-23(29)18-21)27(19-24)37-38(33,34)26-14-12-25(36-4)13-15-26/h7-15,18-19H,5-6,16-17,20H2,1-4H3. The lowest BCUT2D eigenvalue weighted by Gasteiger charge is -2.26. The van der Waals surface area contributed by atoms with Crippen LogP contribution in [-0.4, -0.2) is 59.7 Å². The van der Waals surface area contributed by atoms with Crippen LogP contribution in [0.1, 0.15) is 29.8 Å². The molecule has 204 valence electrons. The fourth-order valence-electron chi connectivity index (χ4n) is 3.91. The van der Waals surface area contributed by atoms with E-state index < -0.39 is 21.8 Å². The quantitative estimate of drug-likeness (QED) is 0.288. The second-order valence-electron chi connectivity index (χ2n) is 8.41. The third-order valence-electron chi connectivity index (χ3n) is 6.01. The molecule has 3 aromatic rings. The molecule has 0 aliphatic carbocycles. The Morgan fingerprint density at radius 1 is 0.947 bits per heavy atom. The summed E-state index contributed by atoms with van der Waals surface area (Å²) in [5.74, 6) is -0.337. The summed E-state index contributed by atoms with van der Waals surface area (Å²) in [5.41, 5.74) is 1.42. The fourth-order valence-corrected chi connectivity index (χ4v) is 4.87. The van der Waals surface area contributed by atoms with Crippen LogP contribution >= 0.6 is 0 Å². The van der Waals surface area contributed by atoms with Crippen LogP contribution in [0, 0.1) is 5.82 Å². The number of ether oxygens (including phenoxy) is 2. The predicted octanol–water partition coefficient (Wildman–Crippen LogP) is 4.74. The van der Waals surface area contributed by atoms with Gasteiger partial charge in [-0.1, -0.05) is 12.1 Å². The Kier molecular flexibility index (Phi) is 10.1. The van der Waals surface area contributed by atoms with E-state index in [0.29, 0.717) is 24.4 Å². The van der Waals surface area contributed by atoms with Crippen LogP contribution in [-0.2, 0) is 21.4 Å². The number of halogens is 1. The van der Waals surface area contributed by atoms with Crippen molar-refractivity contribution in [2.75, 3.05) is 45.4 Å². The average Bonchev–Trinajstić information content (AvgIpc) is 2.92. The van der Waals surface area contributed by atoms with Gasteiger partial charge in [0.1, 0.15) is 22.2 Å². The molecule has 0 fully saturated rings. The second-order valence-corrected chi connectivity index (χ2v) is 9.95. The van der Waals surface area contributed by atoms with Gasteiger partial charge in [-0.2, -0.15) is 8.42 Å². The number of hydrogen-bond donors (Lipinski definition) is 0. The summed E-state index contributed by atoms with van der Waals surface area (Å²) in [7, 11) is -1.19. The zero-order valence-electron chi connectivity index (χ0n) is 22.0. The first kappa shape index (κ1) is 28.9. The van der Waals surface area contributed by atoms with Gasteiger partial charge in [0.15, 0.2) is 0 Å². The summed E-state index contributed by atoms with van der Waals surface area (Å²) < 4.78 is 56.2. The SMILES string of the molecule is CCN(CC)c1ccc(CN(CCOC)C(=O)c2cccc(F)c2)c(OS(=O)(=O)c2ccc(OC)cc2)c1. The minimum atomic E-state index is -4.20. The maximum Gasteiger partial charge on any atom is 0.339 e. The van der Waals surface area contributed by atoms with Gasteiger partial charge >= 0.3 is 10.1 Å². The number of methoxy groups -OCH3 is 2. The highest BCUT2D eigenvalue weighted by Crippen LogP contribution is 2.30. The lowest BCUT2D eigenvalue weighted by Crippen LogP contribution is -2.33. The third-order valence-corrected chi connectivity index (χ3v) is 7.26. The minimum absolute atomic E-state index is 0.0186. The van der Waals surface area contributed by atoms with Crippen molar-refractivity contribution in [1.29, 1.82) is 0 Å². The zero-order chi connectivity index (χ0) is 27.7. The highest BCUT2D eigenvalue weighted by molar-refractivity contribution is 7.87. The van der Waals surface area contributed by atoms with E-state index in [4.69, 9.17) is 13.7 Å². The Hall–Kier alpha value is -3.63. The van der Waals surface area contributed by atoms with E-state index in [1.54, 1.807) is 12.1 Å². The van der Waals surface area contributed by atoms with Crippen molar-refractivity contribution in [3.05, 3.63) is 83.7 Å². The van der Waals surface area contributed by atoms with Gasteiger partial charge in [0, 0.05) is 56.2 Å². The van der Waals surface area contributed by atoms with Crippen molar-refractivity contribution in [2.24, 2.45) is 0 Å². The fraction of sp³-hybridized carbons (Fsp3) is 0.321. The summed E-state index contributed by atoms with van der Waals surface area (Å²) in [6.45, 7) is 5.86. The van der Waals surface area contributed by atoms with Crippen molar-refractivity contribution >= 4 is 21.7 Å². The Morgan fingerprint density at radius 2 is 1.66 bits per heavy atom. The molecule has 0 N–H and O–H groups in total. The number of nitrogens with zero attached hydrogens (tertiary/aromatic N) is 2. The molecular weight excluding hydrogens is 511 g/mol. The molecule has 0 saturated carbocycles. The van der Waals surface area contributed by atoms with Gasteiger partial charge in [0.2, 0.25) is 0 Å². The minimum Gasteiger partial charge on any atom is -0.497 e. The summed E-state index contributed by atoms with van der Waals surface area (Å²) >= 11 is 0. The van der Waals surface area contributed by atoms with Crippen molar-refractivity contribution in [3.8, 4) is 11.5 Å². The molecule has 3 rings (SSSR count). The third kappa shape index (κ3) is 7.23. The molecule has 0 atom stereocenters. The molecule has 0 aromatic heterocycles. The highest BCUT2D eigenvalue weighted by Gasteiger charge is 2.23. The Morgan fingerprint density at radius 3 is 2.26 bits per heavy atom. The Labute approximate surface area is 223 Å². The predicted molar refractivity (Wildman–Crippen MR) is 144 cm³/mol. The summed E-state index contributed by atoms with van der Waals surface area (Å²) in [6.07, 6.45) is 0. The average molecular weight is 545 g/mol. The van der Waals surface area contributed by atoms with E-state index in [9.17, 15) is 17.6 Å². The van der Waals surface area contributed by atoms with Crippen LogP contribution in [0.15, 0.2) is 71.6 Å². The van der Waals surface area contributed by atoms with Crippen LogP contribution in [0.2, 0.25) is 0 Å². The Balaban J connectivity index is 2.01. The van der Waals surface area contributed by atoms with E-state index in [2.05, 4.69) is 4.90 Å². The van der Waals surface area contributed by atoms with Gasteiger partial charge in [-0.05, 0) is 62.4 Å². The van der Waals surface area contributed by atoms with Crippen LogP contribution in [0.5, 0.6) is 11.5 Å². The number of carbonyl (C=O) groups excluding carboxylic acids is 1. The Bertz CT molecular complexity index is 1330. The lowest BCUT2D eigenvalue weighted by molar-refractivity contribution is 0.0679.